The molecule has 18 heavy (non-hydrogen) atoms. The number of nitrogens with zero attached hydrogens (tertiary/aromatic N) is 1. The fourth-order valence-electron chi connectivity index (χ4n) is 2.04. The summed E-state index contributed by atoms with van der Waals surface area (Å²) in [6, 6.07) is 5.45. The van der Waals surface area contributed by atoms with E-state index in [1.807, 2.05) is 30.5 Å². The predicted molar refractivity (Wildman–Crippen MR) is 70.2 cm³/mol. The van der Waals surface area contributed by atoms with Crippen LogP contribution in [-0.2, 0) is 16.6 Å². The van der Waals surface area contributed by atoms with Crippen molar-refractivity contribution in [2.75, 3.05) is 6.61 Å². The van der Waals surface area contributed by atoms with E-state index in [0.29, 0.717) is 24.3 Å². The van der Waals surface area contributed by atoms with Crippen LogP contribution in [0.15, 0.2) is 29.3 Å². The first-order chi connectivity index (χ1) is 8.49. The van der Waals surface area contributed by atoms with Gasteiger partial charge in [0.05, 0.1) is 17.5 Å². The fourth-order valence-corrected chi connectivity index (χ4v) is 2.80. The molecule has 2 rings (SSSR count). The molecule has 0 spiro atoms. The van der Waals surface area contributed by atoms with Crippen molar-refractivity contribution in [2.45, 2.75) is 25.3 Å². The number of hydrogen-bond acceptors (Lipinski definition) is 3. The van der Waals surface area contributed by atoms with Crippen molar-refractivity contribution in [3.63, 3.8) is 0 Å². The monoisotopic (exact) mass is 268 g/mol. The molecule has 0 bridgehead atoms. The van der Waals surface area contributed by atoms with Crippen LogP contribution >= 0.6 is 0 Å². The summed E-state index contributed by atoms with van der Waals surface area (Å²) >= 11 is 0. The van der Waals surface area contributed by atoms with Crippen molar-refractivity contribution in [3.05, 3.63) is 24.4 Å². The standard InChI is InChI=1S/C12H16N2O3S/c1-3-14-8-11(18(13,15)16)12-9(14)6-5-7-10(12)17-4-2/h5-8H,3-4H2,1-2H3,(H2,13,15,16). The Bertz CT molecular complexity index is 674. The van der Waals surface area contributed by atoms with Crippen molar-refractivity contribution in [1.29, 1.82) is 0 Å². The molecule has 0 aliphatic rings. The van der Waals surface area contributed by atoms with Gasteiger partial charge in [-0.2, -0.15) is 0 Å². The lowest BCUT2D eigenvalue weighted by Crippen LogP contribution is -2.12. The third-order valence-electron chi connectivity index (χ3n) is 2.78. The highest BCUT2D eigenvalue weighted by Gasteiger charge is 2.20. The second-order valence-electron chi connectivity index (χ2n) is 3.91. The molecule has 2 aromatic rings. The molecule has 0 radical (unpaired) electrons. The van der Waals surface area contributed by atoms with Gasteiger partial charge in [0.2, 0.25) is 10.0 Å². The highest BCUT2D eigenvalue weighted by molar-refractivity contribution is 7.89. The topological polar surface area (TPSA) is 74.3 Å². The van der Waals surface area contributed by atoms with Crippen LogP contribution in [0.25, 0.3) is 10.9 Å². The van der Waals surface area contributed by atoms with Gasteiger partial charge in [-0.1, -0.05) is 6.07 Å². The van der Waals surface area contributed by atoms with Crippen molar-refractivity contribution in [3.8, 4) is 5.75 Å². The summed E-state index contributed by atoms with van der Waals surface area (Å²) < 4.78 is 30.6. The summed E-state index contributed by atoms with van der Waals surface area (Å²) in [7, 11) is -3.76. The van der Waals surface area contributed by atoms with Crippen LogP contribution in [0.5, 0.6) is 5.75 Å². The first-order valence-corrected chi connectivity index (χ1v) is 7.31. The molecule has 0 aliphatic carbocycles. The van der Waals surface area contributed by atoms with Crippen LogP contribution < -0.4 is 9.88 Å². The average Bonchev–Trinajstić information content (AvgIpc) is 2.69. The van der Waals surface area contributed by atoms with Crippen LogP contribution in [0, 0.1) is 0 Å². The number of aryl methyl sites for hydroxylation is 1. The van der Waals surface area contributed by atoms with E-state index in [1.165, 1.54) is 0 Å². The Balaban J connectivity index is 2.86. The summed E-state index contributed by atoms with van der Waals surface area (Å²) in [5.41, 5.74) is 0.812. The van der Waals surface area contributed by atoms with Crippen molar-refractivity contribution in [2.24, 2.45) is 5.14 Å². The van der Waals surface area contributed by atoms with Gasteiger partial charge in [0, 0.05) is 12.7 Å². The number of sulfonamides is 1. The third kappa shape index (κ3) is 2.09. The zero-order chi connectivity index (χ0) is 13.3. The predicted octanol–water partition coefficient (Wildman–Crippen LogP) is 1.71. The highest BCUT2D eigenvalue weighted by Crippen LogP contribution is 2.32. The van der Waals surface area contributed by atoms with Gasteiger partial charge >= 0.3 is 0 Å². The first kappa shape index (κ1) is 12.9. The Hall–Kier alpha value is -1.53. The Morgan fingerprint density at radius 3 is 2.61 bits per heavy atom. The maximum atomic E-state index is 11.6. The molecule has 0 atom stereocenters. The molecule has 1 aromatic carbocycles. The maximum absolute atomic E-state index is 11.6. The number of ether oxygens (including phenoxy) is 1. The highest BCUT2D eigenvalue weighted by atomic mass is 32.2. The molecule has 0 saturated carbocycles. The molecular weight excluding hydrogens is 252 g/mol. The van der Waals surface area contributed by atoms with Crippen LogP contribution in [0.4, 0.5) is 0 Å². The van der Waals surface area contributed by atoms with E-state index in [1.54, 1.807) is 12.3 Å². The molecule has 2 N–H and O–H groups in total. The lowest BCUT2D eigenvalue weighted by atomic mass is 10.2. The van der Waals surface area contributed by atoms with Crippen LogP contribution in [0.1, 0.15) is 13.8 Å². The zero-order valence-electron chi connectivity index (χ0n) is 10.4. The van der Waals surface area contributed by atoms with E-state index in [4.69, 9.17) is 9.88 Å². The Kier molecular flexibility index (Phi) is 3.32. The maximum Gasteiger partial charge on any atom is 0.240 e. The minimum absolute atomic E-state index is 0.114. The number of fused-ring (bicyclic) bond motifs is 1. The van der Waals surface area contributed by atoms with E-state index in [9.17, 15) is 8.42 Å². The number of primary sulfonamides is 1. The van der Waals surface area contributed by atoms with Gasteiger partial charge in [0.15, 0.2) is 0 Å². The van der Waals surface area contributed by atoms with Gasteiger partial charge in [-0.3, -0.25) is 0 Å². The van der Waals surface area contributed by atoms with Gasteiger partial charge < -0.3 is 9.30 Å². The van der Waals surface area contributed by atoms with E-state index >= 15 is 0 Å². The van der Waals surface area contributed by atoms with E-state index in [-0.39, 0.29) is 4.90 Å². The number of hydrogen-bond donors (Lipinski definition) is 1. The smallest absolute Gasteiger partial charge is 0.240 e. The molecule has 1 aromatic heterocycles. The molecule has 98 valence electrons. The zero-order valence-corrected chi connectivity index (χ0v) is 11.2. The van der Waals surface area contributed by atoms with Crippen LogP contribution in [0.3, 0.4) is 0 Å². The lowest BCUT2D eigenvalue weighted by molar-refractivity contribution is 0.344. The number of rotatable bonds is 4. The largest absolute Gasteiger partial charge is 0.493 e. The Morgan fingerprint density at radius 2 is 2.06 bits per heavy atom. The lowest BCUT2D eigenvalue weighted by Gasteiger charge is -2.06. The van der Waals surface area contributed by atoms with Crippen molar-refractivity contribution < 1.29 is 13.2 Å². The third-order valence-corrected chi connectivity index (χ3v) is 3.70. The SMILES string of the molecule is CCOc1cccc2c1c(S(N)(=O)=O)cn2CC. The molecule has 6 heteroatoms. The van der Waals surface area contributed by atoms with Crippen molar-refractivity contribution in [1.82, 2.24) is 4.57 Å². The molecule has 0 amide bonds. The van der Waals surface area contributed by atoms with E-state index in [2.05, 4.69) is 0 Å². The minimum atomic E-state index is -3.76. The van der Waals surface area contributed by atoms with Crippen LogP contribution in [0.2, 0.25) is 0 Å². The normalized spacial score (nSPS) is 11.9. The second kappa shape index (κ2) is 4.62. The Morgan fingerprint density at radius 1 is 1.33 bits per heavy atom. The number of nitrogens with two attached hydrogens (primary N) is 1. The minimum Gasteiger partial charge on any atom is -0.493 e. The van der Waals surface area contributed by atoms with Crippen molar-refractivity contribution >= 4 is 20.9 Å². The summed E-state index contributed by atoms with van der Waals surface area (Å²) in [5.74, 6) is 0.547. The molecule has 1 heterocycles. The molecular formula is C12H16N2O3S. The summed E-state index contributed by atoms with van der Waals surface area (Å²) in [5, 5.41) is 5.82. The van der Waals surface area contributed by atoms with Gasteiger partial charge in [0.25, 0.3) is 0 Å². The van der Waals surface area contributed by atoms with E-state index < -0.39 is 10.0 Å². The van der Waals surface area contributed by atoms with Gasteiger partial charge in [-0.05, 0) is 26.0 Å². The average molecular weight is 268 g/mol. The molecule has 0 saturated heterocycles. The quantitative estimate of drug-likeness (QED) is 0.917. The molecule has 0 unspecified atom stereocenters. The Labute approximate surface area is 106 Å². The number of aromatic nitrogens is 1. The van der Waals surface area contributed by atoms with Gasteiger partial charge in [0.1, 0.15) is 10.6 Å². The van der Waals surface area contributed by atoms with Crippen LogP contribution in [-0.4, -0.2) is 19.6 Å². The second-order valence-corrected chi connectivity index (χ2v) is 5.44. The van der Waals surface area contributed by atoms with E-state index in [0.717, 1.165) is 5.52 Å². The fraction of sp³-hybridized carbons (Fsp3) is 0.333. The molecule has 0 fully saturated rings. The summed E-state index contributed by atoms with van der Waals surface area (Å²) in [6.07, 6.45) is 1.56. The summed E-state index contributed by atoms with van der Waals surface area (Å²) in [4.78, 5) is 0.114. The molecule has 5 nitrogen and oxygen atoms in total. The van der Waals surface area contributed by atoms with Gasteiger partial charge in [-0.25, -0.2) is 13.6 Å². The van der Waals surface area contributed by atoms with Gasteiger partial charge in [-0.15, -0.1) is 0 Å². The molecule has 0 aliphatic heterocycles. The summed E-state index contributed by atoms with van der Waals surface area (Å²) in [6.45, 7) is 4.94. The number of benzene rings is 1. The first-order valence-electron chi connectivity index (χ1n) is 5.76.